The standard InChI is InChI=1S/C12H13F2NO5/c1-15(6-10(16)17)11(18)7-3-4-8(19-2)9(5-7)20-12(13)14/h3-5,12H,6H2,1-2H3,(H,16,17). The number of benzene rings is 1. The Hall–Kier alpha value is -2.38. The first-order valence-corrected chi connectivity index (χ1v) is 5.45. The number of hydrogen-bond donors (Lipinski definition) is 1. The molecule has 0 radical (unpaired) electrons. The van der Waals surface area contributed by atoms with Gasteiger partial charge in [-0.25, -0.2) is 0 Å². The fourth-order valence-corrected chi connectivity index (χ4v) is 1.49. The quantitative estimate of drug-likeness (QED) is 0.858. The van der Waals surface area contributed by atoms with Gasteiger partial charge in [0.25, 0.3) is 5.91 Å². The van der Waals surface area contributed by atoms with Crippen LogP contribution in [0.25, 0.3) is 0 Å². The molecule has 0 fully saturated rings. The lowest BCUT2D eigenvalue weighted by Gasteiger charge is -2.16. The molecule has 1 aromatic rings. The minimum atomic E-state index is -3.06. The number of hydrogen-bond acceptors (Lipinski definition) is 4. The van der Waals surface area contributed by atoms with Crippen LogP contribution in [0.5, 0.6) is 11.5 Å². The molecule has 0 bridgehead atoms. The Kier molecular flexibility index (Phi) is 5.24. The van der Waals surface area contributed by atoms with Crippen LogP contribution in [-0.2, 0) is 4.79 Å². The second-order valence-electron chi connectivity index (χ2n) is 3.80. The fourth-order valence-electron chi connectivity index (χ4n) is 1.49. The number of alkyl halides is 2. The van der Waals surface area contributed by atoms with E-state index in [1.165, 1.54) is 26.3 Å². The summed E-state index contributed by atoms with van der Waals surface area (Å²) in [5.74, 6) is -2.06. The van der Waals surface area contributed by atoms with Gasteiger partial charge in [-0.2, -0.15) is 8.78 Å². The van der Waals surface area contributed by atoms with Gasteiger partial charge in [0.2, 0.25) is 0 Å². The number of methoxy groups -OCH3 is 1. The lowest BCUT2D eigenvalue weighted by molar-refractivity contribution is -0.137. The highest BCUT2D eigenvalue weighted by Gasteiger charge is 2.18. The summed E-state index contributed by atoms with van der Waals surface area (Å²) < 4.78 is 33.6. The predicted molar refractivity (Wildman–Crippen MR) is 64.2 cm³/mol. The summed E-state index contributed by atoms with van der Waals surface area (Å²) in [5, 5.41) is 8.60. The molecule has 1 N–H and O–H groups in total. The van der Waals surface area contributed by atoms with Crippen LogP contribution in [-0.4, -0.2) is 49.2 Å². The number of carboxylic acid groups (broad SMARTS) is 1. The summed E-state index contributed by atoms with van der Waals surface area (Å²) in [6, 6.07) is 3.70. The Morgan fingerprint density at radius 1 is 1.35 bits per heavy atom. The molecule has 0 aliphatic carbocycles. The zero-order valence-corrected chi connectivity index (χ0v) is 10.8. The van der Waals surface area contributed by atoms with Crippen molar-refractivity contribution in [1.29, 1.82) is 0 Å². The van der Waals surface area contributed by atoms with Crippen molar-refractivity contribution in [2.24, 2.45) is 0 Å². The van der Waals surface area contributed by atoms with E-state index in [1.54, 1.807) is 0 Å². The van der Waals surface area contributed by atoms with Crippen molar-refractivity contribution in [3.8, 4) is 11.5 Å². The van der Waals surface area contributed by atoms with Crippen LogP contribution in [0.15, 0.2) is 18.2 Å². The van der Waals surface area contributed by atoms with Gasteiger partial charge in [0.05, 0.1) is 7.11 Å². The Morgan fingerprint density at radius 2 is 2.00 bits per heavy atom. The maximum Gasteiger partial charge on any atom is 0.387 e. The summed E-state index contributed by atoms with van der Waals surface area (Å²) in [6.07, 6.45) is 0. The molecule has 110 valence electrons. The smallest absolute Gasteiger partial charge is 0.387 e. The molecule has 20 heavy (non-hydrogen) atoms. The molecule has 1 aromatic carbocycles. The number of amides is 1. The normalized spacial score (nSPS) is 10.2. The van der Waals surface area contributed by atoms with Gasteiger partial charge in [-0.3, -0.25) is 9.59 Å². The lowest BCUT2D eigenvalue weighted by Crippen LogP contribution is -2.31. The second kappa shape index (κ2) is 6.69. The largest absolute Gasteiger partial charge is 0.493 e. The number of carbonyl (C=O) groups is 2. The highest BCUT2D eigenvalue weighted by Crippen LogP contribution is 2.29. The molecular weight excluding hydrogens is 276 g/mol. The maximum atomic E-state index is 12.2. The van der Waals surface area contributed by atoms with Crippen molar-refractivity contribution in [1.82, 2.24) is 4.90 Å². The van der Waals surface area contributed by atoms with Crippen molar-refractivity contribution >= 4 is 11.9 Å². The van der Waals surface area contributed by atoms with E-state index in [0.717, 1.165) is 11.0 Å². The first-order chi connectivity index (χ1) is 9.35. The monoisotopic (exact) mass is 289 g/mol. The van der Waals surface area contributed by atoms with Crippen molar-refractivity contribution in [2.75, 3.05) is 20.7 Å². The number of nitrogens with zero attached hydrogens (tertiary/aromatic N) is 1. The zero-order valence-electron chi connectivity index (χ0n) is 10.8. The van der Waals surface area contributed by atoms with Gasteiger partial charge in [0.15, 0.2) is 11.5 Å². The van der Waals surface area contributed by atoms with E-state index in [-0.39, 0.29) is 17.1 Å². The number of aliphatic carboxylic acids is 1. The van der Waals surface area contributed by atoms with E-state index in [2.05, 4.69) is 4.74 Å². The summed E-state index contributed by atoms with van der Waals surface area (Å²) in [5.41, 5.74) is 0.0187. The first-order valence-electron chi connectivity index (χ1n) is 5.45. The van der Waals surface area contributed by atoms with Gasteiger partial charge in [0, 0.05) is 12.6 Å². The highest BCUT2D eigenvalue weighted by molar-refractivity contribution is 5.96. The predicted octanol–water partition coefficient (Wildman–Crippen LogP) is 1.45. The molecule has 8 heteroatoms. The van der Waals surface area contributed by atoms with Gasteiger partial charge in [-0.15, -0.1) is 0 Å². The van der Waals surface area contributed by atoms with E-state index in [0.29, 0.717) is 0 Å². The molecule has 0 spiro atoms. The summed E-state index contributed by atoms with van der Waals surface area (Å²) in [6.45, 7) is -3.57. The Bertz CT molecular complexity index is 507. The molecule has 0 aliphatic rings. The van der Waals surface area contributed by atoms with Gasteiger partial charge in [-0.1, -0.05) is 0 Å². The van der Waals surface area contributed by atoms with Crippen LogP contribution in [0, 0.1) is 0 Å². The van der Waals surface area contributed by atoms with E-state index in [9.17, 15) is 18.4 Å². The molecule has 0 saturated carbocycles. The molecule has 1 amide bonds. The number of halogens is 2. The number of ether oxygens (including phenoxy) is 2. The molecule has 0 heterocycles. The molecule has 0 saturated heterocycles. The molecule has 6 nitrogen and oxygen atoms in total. The first kappa shape index (κ1) is 15.7. The minimum absolute atomic E-state index is 0.0187. The van der Waals surface area contributed by atoms with Crippen LogP contribution in [0.1, 0.15) is 10.4 Å². The number of carboxylic acids is 1. The van der Waals surface area contributed by atoms with Crippen molar-refractivity contribution < 1.29 is 33.0 Å². The third kappa shape index (κ3) is 4.08. The highest BCUT2D eigenvalue weighted by atomic mass is 19.3. The van der Waals surface area contributed by atoms with E-state index in [4.69, 9.17) is 9.84 Å². The van der Waals surface area contributed by atoms with Crippen LogP contribution in [0.4, 0.5) is 8.78 Å². The fraction of sp³-hybridized carbons (Fsp3) is 0.333. The van der Waals surface area contributed by atoms with Crippen molar-refractivity contribution in [3.05, 3.63) is 23.8 Å². The molecule has 0 atom stereocenters. The van der Waals surface area contributed by atoms with E-state index < -0.39 is 25.0 Å². The van der Waals surface area contributed by atoms with Crippen LogP contribution in [0.3, 0.4) is 0 Å². The van der Waals surface area contributed by atoms with Crippen LogP contribution < -0.4 is 9.47 Å². The molecule has 0 aromatic heterocycles. The zero-order chi connectivity index (χ0) is 15.3. The third-order valence-corrected chi connectivity index (χ3v) is 2.35. The van der Waals surface area contributed by atoms with E-state index in [1.807, 2.05) is 0 Å². The Labute approximate surface area is 113 Å². The molecule has 0 unspecified atom stereocenters. The van der Waals surface area contributed by atoms with E-state index >= 15 is 0 Å². The molecular formula is C12H13F2NO5. The maximum absolute atomic E-state index is 12.2. The van der Waals surface area contributed by atoms with Gasteiger partial charge < -0.3 is 19.5 Å². The summed E-state index contributed by atoms with van der Waals surface area (Å²) >= 11 is 0. The van der Waals surface area contributed by atoms with Crippen LogP contribution in [0.2, 0.25) is 0 Å². The van der Waals surface area contributed by atoms with Gasteiger partial charge in [-0.05, 0) is 18.2 Å². The molecule has 0 aliphatic heterocycles. The third-order valence-electron chi connectivity index (χ3n) is 2.35. The lowest BCUT2D eigenvalue weighted by atomic mass is 10.1. The minimum Gasteiger partial charge on any atom is -0.493 e. The van der Waals surface area contributed by atoms with Gasteiger partial charge >= 0.3 is 12.6 Å². The van der Waals surface area contributed by atoms with Crippen LogP contribution >= 0.6 is 0 Å². The number of rotatable bonds is 6. The van der Waals surface area contributed by atoms with Gasteiger partial charge in [0.1, 0.15) is 6.54 Å². The Balaban J connectivity index is 3.01. The average Bonchev–Trinajstić information content (AvgIpc) is 2.36. The van der Waals surface area contributed by atoms with Crippen molar-refractivity contribution in [2.45, 2.75) is 6.61 Å². The van der Waals surface area contributed by atoms with Crippen molar-refractivity contribution in [3.63, 3.8) is 0 Å². The average molecular weight is 289 g/mol. The Morgan fingerprint density at radius 3 is 2.50 bits per heavy atom. The summed E-state index contributed by atoms with van der Waals surface area (Å²) in [4.78, 5) is 23.4. The number of carbonyl (C=O) groups excluding carboxylic acids is 1. The molecule has 1 rings (SSSR count). The SMILES string of the molecule is COc1ccc(C(=O)N(C)CC(=O)O)cc1OC(F)F. The second-order valence-corrected chi connectivity index (χ2v) is 3.80. The number of likely N-dealkylation sites (N-methyl/N-ethyl adjacent to an activating group) is 1. The topological polar surface area (TPSA) is 76.1 Å². The summed E-state index contributed by atoms with van der Waals surface area (Å²) in [7, 11) is 2.56.